The number of benzene rings is 1. The Morgan fingerprint density at radius 2 is 1.72 bits per heavy atom. The van der Waals surface area contributed by atoms with E-state index in [1.165, 1.54) is 21.0 Å². The van der Waals surface area contributed by atoms with Crippen LogP contribution in [0.2, 0.25) is 0 Å². The number of ether oxygens (including phenoxy) is 2. The molecule has 0 radical (unpaired) electrons. The highest BCUT2D eigenvalue weighted by Gasteiger charge is 2.34. The highest BCUT2D eigenvalue weighted by atomic mass is 16.5. The van der Waals surface area contributed by atoms with Gasteiger partial charge in [0.25, 0.3) is 0 Å². The minimum atomic E-state index is -1.26. The number of amides is 2. The SMILES string of the molecule is COC(=O)[C@@H](NC(=O)C(C)(C)NC(=O)OCc1ccccc1)C(C)C. The zero-order valence-electron chi connectivity index (χ0n) is 15.3. The van der Waals surface area contributed by atoms with Crippen molar-refractivity contribution >= 4 is 18.0 Å². The van der Waals surface area contributed by atoms with E-state index in [0.29, 0.717) is 0 Å². The van der Waals surface area contributed by atoms with Crippen molar-refractivity contribution in [3.63, 3.8) is 0 Å². The average Bonchev–Trinajstić information content (AvgIpc) is 2.57. The maximum atomic E-state index is 12.4. The van der Waals surface area contributed by atoms with Crippen molar-refractivity contribution in [2.45, 2.75) is 45.9 Å². The standard InChI is InChI=1S/C18H26N2O5/c1-12(2)14(15(21)24-5)19-16(22)18(3,4)20-17(23)25-11-13-9-7-6-8-10-13/h6-10,12,14H,11H2,1-5H3,(H,19,22)(H,20,23)/t14-/m0/s1. The molecule has 0 aliphatic carbocycles. The van der Waals surface area contributed by atoms with Crippen LogP contribution in [0.4, 0.5) is 4.79 Å². The average molecular weight is 350 g/mol. The van der Waals surface area contributed by atoms with E-state index < -0.39 is 29.6 Å². The summed E-state index contributed by atoms with van der Waals surface area (Å²) in [6, 6.07) is 8.41. The molecular formula is C18H26N2O5. The van der Waals surface area contributed by atoms with Gasteiger partial charge >= 0.3 is 12.1 Å². The molecule has 0 saturated heterocycles. The van der Waals surface area contributed by atoms with Gasteiger partial charge in [-0.15, -0.1) is 0 Å². The summed E-state index contributed by atoms with van der Waals surface area (Å²) < 4.78 is 9.80. The zero-order chi connectivity index (χ0) is 19.0. The van der Waals surface area contributed by atoms with Crippen LogP contribution in [0, 0.1) is 5.92 Å². The lowest BCUT2D eigenvalue weighted by Crippen LogP contribution is -2.58. The van der Waals surface area contributed by atoms with Crippen molar-refractivity contribution < 1.29 is 23.9 Å². The maximum Gasteiger partial charge on any atom is 0.408 e. The van der Waals surface area contributed by atoms with Crippen LogP contribution in [0.3, 0.4) is 0 Å². The molecule has 0 aliphatic heterocycles. The summed E-state index contributed by atoms with van der Waals surface area (Å²) in [6.45, 7) is 6.73. The summed E-state index contributed by atoms with van der Waals surface area (Å²) >= 11 is 0. The van der Waals surface area contributed by atoms with E-state index in [1.54, 1.807) is 13.8 Å². The van der Waals surface area contributed by atoms with Gasteiger partial charge in [-0.2, -0.15) is 0 Å². The molecule has 0 unspecified atom stereocenters. The van der Waals surface area contributed by atoms with Crippen LogP contribution < -0.4 is 10.6 Å². The summed E-state index contributed by atoms with van der Waals surface area (Å²) in [6.07, 6.45) is -0.719. The molecule has 0 heterocycles. The fourth-order valence-electron chi connectivity index (χ4n) is 2.02. The first-order valence-electron chi connectivity index (χ1n) is 8.05. The molecule has 2 N–H and O–H groups in total. The number of methoxy groups -OCH3 is 1. The predicted molar refractivity (Wildman–Crippen MR) is 92.6 cm³/mol. The second kappa shape index (κ2) is 9.05. The number of carbonyl (C=O) groups excluding carboxylic acids is 3. The first-order chi connectivity index (χ1) is 11.7. The summed E-state index contributed by atoms with van der Waals surface area (Å²) in [5.74, 6) is -1.20. The van der Waals surface area contributed by atoms with Crippen molar-refractivity contribution in [1.29, 1.82) is 0 Å². The molecule has 2 amide bonds. The largest absolute Gasteiger partial charge is 0.467 e. The number of nitrogens with one attached hydrogen (secondary N) is 2. The van der Waals surface area contributed by atoms with Crippen molar-refractivity contribution in [3.05, 3.63) is 35.9 Å². The Morgan fingerprint density at radius 1 is 1.12 bits per heavy atom. The minimum absolute atomic E-state index is 0.0984. The number of alkyl carbamates (subject to hydrolysis) is 1. The third kappa shape index (κ3) is 6.45. The summed E-state index contributed by atoms with van der Waals surface area (Å²) in [5.41, 5.74) is -0.417. The summed E-state index contributed by atoms with van der Waals surface area (Å²) in [7, 11) is 1.26. The third-order valence-corrected chi connectivity index (χ3v) is 3.60. The smallest absolute Gasteiger partial charge is 0.408 e. The summed E-state index contributed by atoms with van der Waals surface area (Å²) in [4.78, 5) is 36.1. The molecule has 0 saturated carbocycles. The highest BCUT2D eigenvalue weighted by molar-refractivity contribution is 5.92. The lowest BCUT2D eigenvalue weighted by molar-refractivity contribution is -0.147. The van der Waals surface area contributed by atoms with E-state index >= 15 is 0 Å². The Hall–Kier alpha value is -2.57. The fourth-order valence-corrected chi connectivity index (χ4v) is 2.02. The van der Waals surface area contributed by atoms with Gasteiger partial charge in [-0.3, -0.25) is 4.79 Å². The first kappa shape index (κ1) is 20.5. The van der Waals surface area contributed by atoms with Gasteiger partial charge in [0.15, 0.2) is 0 Å². The van der Waals surface area contributed by atoms with Crippen molar-refractivity contribution in [2.24, 2.45) is 5.92 Å². The highest BCUT2D eigenvalue weighted by Crippen LogP contribution is 2.09. The van der Waals surface area contributed by atoms with Crippen molar-refractivity contribution in [2.75, 3.05) is 7.11 Å². The van der Waals surface area contributed by atoms with Gasteiger partial charge in [-0.05, 0) is 25.3 Å². The monoisotopic (exact) mass is 350 g/mol. The zero-order valence-corrected chi connectivity index (χ0v) is 15.3. The molecule has 0 aromatic heterocycles. The van der Waals surface area contributed by atoms with Crippen LogP contribution in [0.15, 0.2) is 30.3 Å². The van der Waals surface area contributed by atoms with E-state index in [1.807, 2.05) is 30.3 Å². The third-order valence-electron chi connectivity index (χ3n) is 3.60. The lowest BCUT2D eigenvalue weighted by atomic mass is 10.0. The van der Waals surface area contributed by atoms with Gasteiger partial charge in [0, 0.05) is 0 Å². The van der Waals surface area contributed by atoms with Gasteiger partial charge in [-0.25, -0.2) is 9.59 Å². The Bertz CT molecular complexity index is 599. The van der Waals surface area contributed by atoms with Crippen molar-refractivity contribution in [3.8, 4) is 0 Å². The number of hydrogen-bond donors (Lipinski definition) is 2. The number of hydrogen-bond acceptors (Lipinski definition) is 5. The van der Waals surface area contributed by atoms with E-state index in [9.17, 15) is 14.4 Å². The molecule has 0 spiro atoms. The number of carbonyl (C=O) groups is 3. The van der Waals surface area contributed by atoms with E-state index in [4.69, 9.17) is 9.47 Å². The molecule has 1 rings (SSSR count). The van der Waals surface area contributed by atoms with Crippen LogP contribution in [-0.4, -0.2) is 36.7 Å². The van der Waals surface area contributed by atoms with Crippen LogP contribution in [0.25, 0.3) is 0 Å². The number of rotatable bonds is 7. The van der Waals surface area contributed by atoms with E-state index in [0.717, 1.165) is 5.56 Å². The topological polar surface area (TPSA) is 93.7 Å². The van der Waals surface area contributed by atoms with Gasteiger partial charge in [0.05, 0.1) is 7.11 Å². The Kier molecular flexibility index (Phi) is 7.42. The lowest BCUT2D eigenvalue weighted by Gasteiger charge is -2.28. The van der Waals surface area contributed by atoms with E-state index in [-0.39, 0.29) is 12.5 Å². The molecule has 1 aromatic rings. The summed E-state index contributed by atoms with van der Waals surface area (Å²) in [5, 5.41) is 5.11. The second-order valence-electron chi connectivity index (χ2n) is 6.53. The molecule has 25 heavy (non-hydrogen) atoms. The second-order valence-corrected chi connectivity index (χ2v) is 6.53. The molecule has 0 fully saturated rings. The van der Waals surface area contributed by atoms with Crippen LogP contribution in [0.5, 0.6) is 0 Å². The van der Waals surface area contributed by atoms with E-state index in [2.05, 4.69) is 10.6 Å². The van der Waals surface area contributed by atoms with Crippen LogP contribution >= 0.6 is 0 Å². The molecule has 138 valence electrons. The van der Waals surface area contributed by atoms with Crippen LogP contribution in [-0.2, 0) is 25.7 Å². The van der Waals surface area contributed by atoms with Gasteiger partial charge in [0.2, 0.25) is 5.91 Å². The van der Waals surface area contributed by atoms with Crippen LogP contribution in [0.1, 0.15) is 33.3 Å². The quantitative estimate of drug-likeness (QED) is 0.734. The normalized spacial score (nSPS) is 12.2. The molecule has 7 heteroatoms. The Balaban J connectivity index is 2.61. The first-order valence-corrected chi connectivity index (χ1v) is 8.05. The molecule has 1 atom stereocenters. The van der Waals surface area contributed by atoms with Crippen molar-refractivity contribution in [1.82, 2.24) is 10.6 Å². The molecule has 0 aliphatic rings. The minimum Gasteiger partial charge on any atom is -0.467 e. The molecular weight excluding hydrogens is 324 g/mol. The van der Waals surface area contributed by atoms with Gasteiger partial charge in [0.1, 0.15) is 18.2 Å². The Morgan fingerprint density at radius 3 is 2.24 bits per heavy atom. The van der Waals surface area contributed by atoms with Gasteiger partial charge < -0.3 is 20.1 Å². The number of esters is 1. The molecule has 7 nitrogen and oxygen atoms in total. The molecule has 0 bridgehead atoms. The van der Waals surface area contributed by atoms with Gasteiger partial charge in [-0.1, -0.05) is 44.2 Å². The fraction of sp³-hybridized carbons (Fsp3) is 0.500. The Labute approximate surface area is 148 Å². The maximum absolute atomic E-state index is 12.4. The predicted octanol–water partition coefficient (Wildman–Crippen LogP) is 2.01. The molecule has 1 aromatic carbocycles.